The molecule has 2 fully saturated rings. The van der Waals surface area contributed by atoms with E-state index in [0.29, 0.717) is 38.8 Å². The van der Waals surface area contributed by atoms with E-state index in [-0.39, 0.29) is 12.3 Å². The van der Waals surface area contributed by atoms with Gasteiger partial charge >= 0.3 is 0 Å². The largest absolute Gasteiger partial charge is 0.391 e. The van der Waals surface area contributed by atoms with Crippen LogP contribution in [0.25, 0.3) is 0 Å². The lowest BCUT2D eigenvalue weighted by molar-refractivity contribution is -0.152. The summed E-state index contributed by atoms with van der Waals surface area (Å²) in [6.07, 6.45) is -1.53. The number of benzene rings is 1. The van der Waals surface area contributed by atoms with Crippen LogP contribution in [0.4, 0.5) is 0 Å². The van der Waals surface area contributed by atoms with Crippen LogP contribution in [-0.4, -0.2) is 98.0 Å². The lowest BCUT2D eigenvalue weighted by atomic mass is 9.86. The molecule has 7 atom stereocenters. The smallest absolute Gasteiger partial charge is 0.246 e. The highest BCUT2D eigenvalue weighted by molar-refractivity contribution is 5.96. The van der Waals surface area contributed by atoms with Crippen LogP contribution in [-0.2, 0) is 20.8 Å². The lowest BCUT2D eigenvalue weighted by Gasteiger charge is -2.41. The molecular formula is C25H39N5O6. The third-order valence-electron chi connectivity index (χ3n) is 7.33. The summed E-state index contributed by atoms with van der Waals surface area (Å²) in [6, 6.07) is 6.22. The van der Waals surface area contributed by atoms with E-state index in [1.165, 1.54) is 23.6 Å². The number of rotatable bonds is 9. The number of amides is 3. The van der Waals surface area contributed by atoms with E-state index < -0.39 is 53.9 Å². The van der Waals surface area contributed by atoms with Crippen molar-refractivity contribution in [1.29, 1.82) is 0 Å². The van der Waals surface area contributed by atoms with Crippen molar-refractivity contribution < 1.29 is 29.7 Å². The molecule has 11 nitrogen and oxygen atoms in total. The summed E-state index contributed by atoms with van der Waals surface area (Å²) in [5.41, 5.74) is 11.0. The zero-order valence-electron chi connectivity index (χ0n) is 20.9. The summed E-state index contributed by atoms with van der Waals surface area (Å²) in [4.78, 5) is 43.6. The molecule has 200 valence electrons. The van der Waals surface area contributed by atoms with Crippen molar-refractivity contribution in [1.82, 2.24) is 15.1 Å². The minimum absolute atomic E-state index is 0.215. The van der Waals surface area contributed by atoms with Gasteiger partial charge in [-0.1, -0.05) is 30.3 Å². The molecule has 0 radical (unpaired) electrons. The molecule has 2 aliphatic rings. The van der Waals surface area contributed by atoms with E-state index >= 15 is 0 Å². The SMILES string of the molecule is C[C@@H](O)[C@H](N)C(=O)N1CCC[C@H]1C(=O)N1CCCC1(Cc1ccccc1)C(=O)N[C@H](C(N)O)[C@@H](C)O. The first-order valence-corrected chi connectivity index (χ1v) is 12.5. The summed E-state index contributed by atoms with van der Waals surface area (Å²) < 4.78 is 0. The highest BCUT2D eigenvalue weighted by Crippen LogP contribution is 2.36. The highest BCUT2D eigenvalue weighted by Gasteiger charge is 2.53. The number of nitrogens with one attached hydrogen (secondary N) is 1. The second-order valence-corrected chi connectivity index (χ2v) is 9.97. The van der Waals surface area contributed by atoms with Crippen molar-refractivity contribution >= 4 is 17.7 Å². The number of hydrogen-bond acceptors (Lipinski definition) is 8. The fourth-order valence-corrected chi connectivity index (χ4v) is 5.28. The van der Waals surface area contributed by atoms with Crippen LogP contribution >= 0.6 is 0 Å². The molecule has 0 saturated carbocycles. The van der Waals surface area contributed by atoms with Crippen molar-refractivity contribution in [3.05, 3.63) is 35.9 Å². The molecule has 8 N–H and O–H groups in total. The molecule has 2 aliphatic heterocycles. The Hall–Kier alpha value is -2.57. The van der Waals surface area contributed by atoms with E-state index in [9.17, 15) is 29.7 Å². The fourth-order valence-electron chi connectivity index (χ4n) is 5.28. The Bertz CT molecular complexity index is 919. The second-order valence-electron chi connectivity index (χ2n) is 9.97. The van der Waals surface area contributed by atoms with Crippen molar-refractivity contribution in [3.8, 4) is 0 Å². The lowest BCUT2D eigenvalue weighted by Crippen LogP contribution is -2.65. The van der Waals surface area contributed by atoms with Gasteiger partial charge in [-0.15, -0.1) is 0 Å². The normalized spacial score (nSPS) is 26.2. The van der Waals surface area contributed by atoms with Crippen LogP contribution in [0.5, 0.6) is 0 Å². The molecule has 3 rings (SSSR count). The quantitative estimate of drug-likeness (QED) is 0.218. The molecule has 2 saturated heterocycles. The molecule has 11 heteroatoms. The standard InChI is InChI=1S/C25H39N5O6/c1-15(31)19(26)23(35)29-12-6-10-18(29)22(34)30-13-7-11-25(30,14-17-8-4-3-5-9-17)24(36)28-20(16(2)32)21(27)33/h3-5,8-9,15-16,18-21,31-33H,6-7,10-14,26-27H2,1-2H3,(H,28,36)/t15-,16-,18+,19+,20+,21?,25?/m1/s1. The number of hydrogen-bond donors (Lipinski definition) is 6. The summed E-state index contributed by atoms with van der Waals surface area (Å²) in [7, 11) is 0. The Morgan fingerprint density at radius 3 is 2.31 bits per heavy atom. The van der Waals surface area contributed by atoms with Crippen LogP contribution in [0.15, 0.2) is 30.3 Å². The van der Waals surface area contributed by atoms with Crippen molar-refractivity contribution in [3.63, 3.8) is 0 Å². The van der Waals surface area contributed by atoms with Gasteiger partial charge in [-0.25, -0.2) is 0 Å². The summed E-state index contributed by atoms with van der Waals surface area (Å²) >= 11 is 0. The Morgan fingerprint density at radius 1 is 1.06 bits per heavy atom. The zero-order chi connectivity index (χ0) is 26.6. The minimum Gasteiger partial charge on any atom is -0.391 e. The van der Waals surface area contributed by atoms with E-state index in [4.69, 9.17) is 11.5 Å². The van der Waals surface area contributed by atoms with Crippen LogP contribution in [0, 0.1) is 0 Å². The predicted octanol–water partition coefficient (Wildman–Crippen LogP) is -1.57. The van der Waals surface area contributed by atoms with Crippen molar-refractivity contribution in [2.75, 3.05) is 13.1 Å². The topological polar surface area (TPSA) is 182 Å². The first-order chi connectivity index (χ1) is 17.0. The Kier molecular flexibility index (Phi) is 9.07. The summed E-state index contributed by atoms with van der Waals surface area (Å²) in [5.74, 6) is -1.38. The maximum Gasteiger partial charge on any atom is 0.246 e. The number of nitrogens with zero attached hydrogens (tertiary/aromatic N) is 2. The van der Waals surface area contributed by atoms with Crippen LogP contribution in [0.3, 0.4) is 0 Å². The van der Waals surface area contributed by atoms with Crippen LogP contribution < -0.4 is 16.8 Å². The fraction of sp³-hybridized carbons (Fsp3) is 0.640. The molecule has 0 aliphatic carbocycles. The molecule has 1 aromatic rings. The van der Waals surface area contributed by atoms with E-state index in [2.05, 4.69) is 5.32 Å². The summed E-state index contributed by atoms with van der Waals surface area (Å²) in [5, 5.41) is 32.5. The first kappa shape index (κ1) is 28.0. The van der Waals surface area contributed by atoms with Gasteiger partial charge in [0.25, 0.3) is 0 Å². The van der Waals surface area contributed by atoms with Gasteiger partial charge in [-0.3, -0.25) is 14.4 Å². The number of likely N-dealkylation sites (tertiary alicyclic amines) is 2. The maximum absolute atomic E-state index is 13.9. The second kappa shape index (κ2) is 11.7. The number of carbonyl (C=O) groups excluding carboxylic acids is 3. The molecule has 2 unspecified atom stereocenters. The maximum atomic E-state index is 13.9. The van der Waals surface area contributed by atoms with E-state index in [1.807, 2.05) is 30.3 Å². The highest BCUT2D eigenvalue weighted by atomic mass is 16.3. The van der Waals surface area contributed by atoms with E-state index in [0.717, 1.165) is 5.56 Å². The zero-order valence-corrected chi connectivity index (χ0v) is 20.9. The third-order valence-corrected chi connectivity index (χ3v) is 7.33. The van der Waals surface area contributed by atoms with Gasteiger partial charge in [-0.2, -0.15) is 0 Å². The molecular weight excluding hydrogens is 466 g/mol. The molecule has 36 heavy (non-hydrogen) atoms. The summed E-state index contributed by atoms with van der Waals surface area (Å²) in [6.45, 7) is 3.49. The van der Waals surface area contributed by atoms with E-state index in [1.54, 1.807) is 0 Å². The molecule has 0 bridgehead atoms. The number of aliphatic hydroxyl groups is 3. The van der Waals surface area contributed by atoms with Crippen LogP contribution in [0.1, 0.15) is 45.1 Å². The van der Waals surface area contributed by atoms with Gasteiger partial charge in [0.1, 0.15) is 23.9 Å². The van der Waals surface area contributed by atoms with Gasteiger partial charge in [0.15, 0.2) is 0 Å². The average Bonchev–Trinajstić information content (AvgIpc) is 3.49. The molecule has 0 spiro atoms. The van der Waals surface area contributed by atoms with Gasteiger partial charge in [0.05, 0.1) is 18.2 Å². The van der Waals surface area contributed by atoms with Crippen molar-refractivity contribution in [2.45, 2.75) is 88.1 Å². The monoisotopic (exact) mass is 505 g/mol. The van der Waals surface area contributed by atoms with Gasteiger partial charge < -0.3 is 41.9 Å². The first-order valence-electron chi connectivity index (χ1n) is 12.5. The Morgan fingerprint density at radius 2 is 1.72 bits per heavy atom. The van der Waals surface area contributed by atoms with Crippen LogP contribution in [0.2, 0.25) is 0 Å². The van der Waals surface area contributed by atoms with Gasteiger partial charge in [0.2, 0.25) is 17.7 Å². The van der Waals surface area contributed by atoms with Gasteiger partial charge in [-0.05, 0) is 45.1 Å². The van der Waals surface area contributed by atoms with Gasteiger partial charge in [0, 0.05) is 19.5 Å². The number of nitrogens with two attached hydrogens (primary N) is 2. The average molecular weight is 506 g/mol. The van der Waals surface area contributed by atoms with Crippen molar-refractivity contribution in [2.24, 2.45) is 11.5 Å². The molecule has 1 aromatic carbocycles. The number of aliphatic hydroxyl groups excluding tert-OH is 3. The molecule has 2 heterocycles. The molecule has 3 amide bonds. The minimum atomic E-state index is -1.50. The number of carbonyl (C=O) groups is 3. The Labute approximate surface area is 211 Å². The molecule has 0 aromatic heterocycles. The Balaban J connectivity index is 1.95. The third kappa shape index (κ3) is 5.70. The predicted molar refractivity (Wildman–Crippen MR) is 132 cm³/mol.